The number of morpholine rings is 2. The molecule has 2 aromatic rings. The van der Waals surface area contributed by atoms with Crippen molar-refractivity contribution in [2.24, 2.45) is 4.99 Å². The molecule has 0 bridgehead atoms. The lowest BCUT2D eigenvalue weighted by Gasteiger charge is -2.29. The molecular formula is C22H27N3O2. The van der Waals surface area contributed by atoms with Crippen molar-refractivity contribution in [3.05, 3.63) is 53.6 Å². The Morgan fingerprint density at radius 3 is 1.93 bits per heavy atom. The fourth-order valence-corrected chi connectivity index (χ4v) is 3.54. The highest BCUT2D eigenvalue weighted by atomic mass is 16.5. The third-order valence-corrected chi connectivity index (χ3v) is 5.21. The molecule has 2 aliphatic heterocycles. The molecule has 0 aromatic heterocycles. The molecule has 0 radical (unpaired) electrons. The molecule has 0 saturated carbocycles. The molecule has 0 unspecified atom stereocenters. The number of anilines is 2. The molecule has 0 spiro atoms. The van der Waals surface area contributed by atoms with E-state index in [4.69, 9.17) is 9.47 Å². The summed E-state index contributed by atoms with van der Waals surface area (Å²) in [5, 5.41) is 0. The molecule has 27 heavy (non-hydrogen) atoms. The minimum absolute atomic E-state index is 0.805. The normalized spacial score (nSPS) is 18.3. The van der Waals surface area contributed by atoms with Crippen LogP contribution in [0.2, 0.25) is 0 Å². The van der Waals surface area contributed by atoms with E-state index in [9.17, 15) is 0 Å². The molecule has 0 amide bonds. The van der Waals surface area contributed by atoms with Gasteiger partial charge < -0.3 is 19.3 Å². The van der Waals surface area contributed by atoms with E-state index in [0.29, 0.717) is 0 Å². The summed E-state index contributed by atoms with van der Waals surface area (Å²) >= 11 is 0. The predicted octanol–water partition coefficient (Wildman–Crippen LogP) is 3.42. The second-order valence-electron chi connectivity index (χ2n) is 7.01. The Morgan fingerprint density at radius 2 is 1.33 bits per heavy atom. The number of nitrogens with zero attached hydrogens (tertiary/aromatic N) is 3. The maximum Gasteiger partial charge on any atom is 0.0642 e. The maximum atomic E-state index is 5.44. The third kappa shape index (κ3) is 4.49. The lowest BCUT2D eigenvalue weighted by molar-refractivity contribution is 0.122. The number of hydrogen-bond acceptors (Lipinski definition) is 5. The van der Waals surface area contributed by atoms with Crippen LogP contribution in [0.5, 0.6) is 0 Å². The van der Waals surface area contributed by atoms with Gasteiger partial charge >= 0.3 is 0 Å². The smallest absolute Gasteiger partial charge is 0.0642 e. The molecule has 2 fully saturated rings. The first kappa shape index (κ1) is 18.0. The lowest BCUT2D eigenvalue weighted by atomic mass is 10.1. The molecule has 5 heteroatoms. The summed E-state index contributed by atoms with van der Waals surface area (Å²) in [4.78, 5) is 9.39. The number of benzene rings is 2. The van der Waals surface area contributed by atoms with Gasteiger partial charge in [0.25, 0.3) is 0 Å². The van der Waals surface area contributed by atoms with Gasteiger partial charge in [-0.05, 0) is 54.4 Å². The SMILES string of the molecule is Cc1cc(N2CCOCC2)ccc1C=Nc1ccc(N2CCOCC2)cc1. The van der Waals surface area contributed by atoms with Crippen LogP contribution < -0.4 is 9.80 Å². The van der Waals surface area contributed by atoms with E-state index in [1.165, 1.54) is 16.9 Å². The van der Waals surface area contributed by atoms with Crippen molar-refractivity contribution in [3.8, 4) is 0 Å². The summed E-state index contributed by atoms with van der Waals surface area (Å²) in [6.45, 7) is 9.21. The van der Waals surface area contributed by atoms with Crippen LogP contribution in [0.4, 0.5) is 17.1 Å². The summed E-state index contributed by atoms with van der Waals surface area (Å²) in [5.41, 5.74) is 5.88. The number of aryl methyl sites for hydroxylation is 1. The van der Waals surface area contributed by atoms with Crippen LogP contribution in [-0.4, -0.2) is 58.8 Å². The molecule has 2 saturated heterocycles. The number of ether oxygens (including phenoxy) is 2. The summed E-state index contributed by atoms with van der Waals surface area (Å²) in [6, 6.07) is 15.0. The Labute approximate surface area is 161 Å². The van der Waals surface area contributed by atoms with Crippen LogP contribution >= 0.6 is 0 Å². The van der Waals surface area contributed by atoms with Gasteiger partial charge in [-0.15, -0.1) is 0 Å². The molecule has 4 rings (SSSR count). The average molecular weight is 365 g/mol. The molecule has 2 heterocycles. The van der Waals surface area contributed by atoms with Gasteiger partial charge in [0, 0.05) is 43.8 Å². The van der Waals surface area contributed by atoms with E-state index in [1.807, 2.05) is 6.21 Å². The van der Waals surface area contributed by atoms with Crippen molar-refractivity contribution in [2.45, 2.75) is 6.92 Å². The van der Waals surface area contributed by atoms with Crippen LogP contribution in [0.3, 0.4) is 0 Å². The van der Waals surface area contributed by atoms with E-state index in [-0.39, 0.29) is 0 Å². The Kier molecular flexibility index (Phi) is 5.70. The Balaban J connectivity index is 1.42. The molecule has 142 valence electrons. The van der Waals surface area contributed by atoms with Gasteiger partial charge in [-0.1, -0.05) is 6.07 Å². The highest BCUT2D eigenvalue weighted by Gasteiger charge is 2.12. The van der Waals surface area contributed by atoms with Crippen LogP contribution in [0, 0.1) is 6.92 Å². The van der Waals surface area contributed by atoms with Crippen molar-refractivity contribution < 1.29 is 9.47 Å². The van der Waals surface area contributed by atoms with Gasteiger partial charge in [0.2, 0.25) is 0 Å². The van der Waals surface area contributed by atoms with Crippen molar-refractivity contribution in [3.63, 3.8) is 0 Å². The molecule has 2 aliphatic rings. The molecule has 2 aromatic carbocycles. The minimum Gasteiger partial charge on any atom is -0.378 e. The predicted molar refractivity (Wildman–Crippen MR) is 111 cm³/mol. The number of aliphatic imine (C=N–C) groups is 1. The molecule has 0 atom stereocenters. The van der Waals surface area contributed by atoms with Crippen molar-refractivity contribution >= 4 is 23.3 Å². The lowest BCUT2D eigenvalue weighted by Crippen LogP contribution is -2.36. The van der Waals surface area contributed by atoms with Crippen molar-refractivity contribution in [1.82, 2.24) is 0 Å². The van der Waals surface area contributed by atoms with E-state index >= 15 is 0 Å². The van der Waals surface area contributed by atoms with E-state index in [0.717, 1.165) is 63.9 Å². The summed E-state index contributed by atoms with van der Waals surface area (Å²) in [6.07, 6.45) is 1.96. The van der Waals surface area contributed by atoms with Gasteiger partial charge in [-0.2, -0.15) is 0 Å². The highest BCUT2D eigenvalue weighted by molar-refractivity contribution is 5.84. The minimum atomic E-state index is 0.805. The van der Waals surface area contributed by atoms with Crippen LogP contribution in [0.1, 0.15) is 11.1 Å². The highest BCUT2D eigenvalue weighted by Crippen LogP contribution is 2.22. The third-order valence-electron chi connectivity index (χ3n) is 5.21. The van der Waals surface area contributed by atoms with Gasteiger partial charge in [0.15, 0.2) is 0 Å². The quantitative estimate of drug-likeness (QED) is 0.778. The first-order chi connectivity index (χ1) is 13.3. The summed E-state index contributed by atoms with van der Waals surface area (Å²) in [7, 11) is 0. The Hall–Kier alpha value is -2.37. The fraction of sp³-hybridized carbons (Fsp3) is 0.409. The van der Waals surface area contributed by atoms with Crippen molar-refractivity contribution in [1.29, 1.82) is 0 Å². The van der Waals surface area contributed by atoms with E-state index < -0.39 is 0 Å². The molecular weight excluding hydrogens is 338 g/mol. The Morgan fingerprint density at radius 1 is 0.778 bits per heavy atom. The molecule has 0 aliphatic carbocycles. The first-order valence-electron chi connectivity index (χ1n) is 9.70. The molecule has 0 N–H and O–H groups in total. The monoisotopic (exact) mass is 365 g/mol. The largest absolute Gasteiger partial charge is 0.378 e. The zero-order valence-electron chi connectivity index (χ0n) is 15.9. The topological polar surface area (TPSA) is 37.3 Å². The maximum absolute atomic E-state index is 5.44. The van der Waals surface area contributed by atoms with Gasteiger partial charge in [0.1, 0.15) is 0 Å². The average Bonchev–Trinajstić information content (AvgIpc) is 2.74. The van der Waals surface area contributed by atoms with Gasteiger partial charge in [-0.25, -0.2) is 0 Å². The fourth-order valence-electron chi connectivity index (χ4n) is 3.54. The summed E-state index contributed by atoms with van der Waals surface area (Å²) in [5.74, 6) is 0. The second-order valence-corrected chi connectivity index (χ2v) is 7.01. The second kappa shape index (κ2) is 8.55. The number of rotatable bonds is 4. The zero-order valence-corrected chi connectivity index (χ0v) is 15.9. The van der Waals surface area contributed by atoms with Gasteiger partial charge in [0.05, 0.1) is 32.1 Å². The summed E-state index contributed by atoms with van der Waals surface area (Å²) < 4.78 is 10.9. The van der Waals surface area contributed by atoms with Crippen LogP contribution in [0.25, 0.3) is 0 Å². The van der Waals surface area contributed by atoms with Crippen LogP contribution in [-0.2, 0) is 9.47 Å². The number of hydrogen-bond donors (Lipinski definition) is 0. The van der Waals surface area contributed by atoms with E-state index in [2.05, 4.69) is 64.2 Å². The molecule has 5 nitrogen and oxygen atoms in total. The van der Waals surface area contributed by atoms with Gasteiger partial charge in [-0.3, -0.25) is 4.99 Å². The standard InChI is InChI=1S/C22H27N3O2/c1-18-16-22(25-10-14-27-15-11-25)5-2-19(18)17-23-20-3-6-21(7-4-20)24-8-12-26-13-9-24/h2-7,16-17H,8-15H2,1H3. The van der Waals surface area contributed by atoms with Crippen LogP contribution in [0.15, 0.2) is 47.5 Å². The Bertz CT molecular complexity index is 777. The zero-order chi connectivity index (χ0) is 18.5. The van der Waals surface area contributed by atoms with E-state index in [1.54, 1.807) is 0 Å². The van der Waals surface area contributed by atoms with Crippen molar-refractivity contribution in [2.75, 3.05) is 62.4 Å². The first-order valence-corrected chi connectivity index (χ1v) is 9.70.